The summed E-state index contributed by atoms with van der Waals surface area (Å²) in [5, 5.41) is 5.55. The summed E-state index contributed by atoms with van der Waals surface area (Å²) in [6.45, 7) is 2.57. The second-order valence-corrected chi connectivity index (χ2v) is 6.55. The lowest BCUT2D eigenvalue weighted by molar-refractivity contribution is -0.121. The van der Waals surface area contributed by atoms with Crippen molar-refractivity contribution in [3.8, 4) is 0 Å². The zero-order chi connectivity index (χ0) is 19.8. The smallest absolute Gasteiger partial charge is 0.253 e. The molecular formula is C21H25N3O3. The highest BCUT2D eigenvalue weighted by Crippen LogP contribution is 2.06. The predicted octanol–water partition coefficient (Wildman–Crippen LogP) is 2.13. The number of amides is 3. The van der Waals surface area contributed by atoms with Crippen LogP contribution in [0.3, 0.4) is 0 Å². The molecule has 27 heavy (non-hydrogen) atoms. The molecule has 0 saturated carbocycles. The maximum atomic E-state index is 12.0. The highest BCUT2D eigenvalue weighted by Gasteiger charge is 2.09. The molecule has 6 heteroatoms. The Hall–Kier alpha value is -3.15. The molecule has 0 unspecified atom stereocenters. The van der Waals surface area contributed by atoms with E-state index < -0.39 is 0 Å². The van der Waals surface area contributed by atoms with E-state index in [1.54, 1.807) is 38.4 Å². The third kappa shape index (κ3) is 6.26. The minimum absolute atomic E-state index is 0.0602. The van der Waals surface area contributed by atoms with E-state index in [0.717, 1.165) is 11.1 Å². The van der Waals surface area contributed by atoms with Crippen LogP contribution in [0.15, 0.2) is 48.5 Å². The molecule has 0 aliphatic rings. The topological polar surface area (TPSA) is 78.5 Å². The first-order valence-electron chi connectivity index (χ1n) is 8.79. The van der Waals surface area contributed by atoms with E-state index in [9.17, 15) is 14.4 Å². The van der Waals surface area contributed by atoms with Crippen LogP contribution in [0.5, 0.6) is 0 Å². The predicted molar refractivity (Wildman–Crippen MR) is 104 cm³/mol. The minimum atomic E-state index is -0.187. The number of nitrogens with one attached hydrogen (secondary N) is 2. The van der Waals surface area contributed by atoms with Crippen molar-refractivity contribution in [3.05, 3.63) is 70.8 Å². The molecule has 0 saturated heterocycles. The first kappa shape index (κ1) is 20.2. The summed E-state index contributed by atoms with van der Waals surface area (Å²) in [6, 6.07) is 14.4. The summed E-state index contributed by atoms with van der Waals surface area (Å²) >= 11 is 0. The lowest BCUT2D eigenvalue weighted by Gasteiger charge is -2.11. The third-order valence-corrected chi connectivity index (χ3v) is 4.01. The molecule has 0 heterocycles. The Kier molecular flexibility index (Phi) is 7.11. The Labute approximate surface area is 159 Å². The van der Waals surface area contributed by atoms with Gasteiger partial charge in [0.05, 0.1) is 0 Å². The van der Waals surface area contributed by atoms with Gasteiger partial charge in [0.2, 0.25) is 5.91 Å². The van der Waals surface area contributed by atoms with E-state index in [-0.39, 0.29) is 30.7 Å². The number of hydrogen-bond acceptors (Lipinski definition) is 3. The van der Waals surface area contributed by atoms with Crippen LogP contribution in [-0.2, 0) is 11.3 Å². The van der Waals surface area contributed by atoms with Crippen LogP contribution in [0.4, 0.5) is 0 Å². The molecule has 2 aromatic rings. The van der Waals surface area contributed by atoms with E-state index in [1.807, 2.05) is 31.2 Å². The standard InChI is InChI=1S/C21H25N3O3/c1-15-5-4-6-18(13-15)20(26)22-12-11-19(25)23-14-16-7-9-17(10-8-16)21(27)24(2)3/h4-10,13H,11-12,14H2,1-3H3,(H,22,26)(H,23,25). The van der Waals surface area contributed by atoms with Crippen LogP contribution in [0.2, 0.25) is 0 Å². The number of rotatable bonds is 7. The van der Waals surface area contributed by atoms with Crippen molar-refractivity contribution in [3.63, 3.8) is 0 Å². The van der Waals surface area contributed by atoms with Crippen LogP contribution in [0.25, 0.3) is 0 Å². The van der Waals surface area contributed by atoms with Gasteiger partial charge in [0.25, 0.3) is 11.8 Å². The second-order valence-electron chi connectivity index (χ2n) is 6.55. The first-order valence-corrected chi connectivity index (χ1v) is 8.79. The number of carbonyl (C=O) groups is 3. The fourth-order valence-electron chi connectivity index (χ4n) is 2.49. The maximum absolute atomic E-state index is 12.0. The van der Waals surface area contributed by atoms with Crippen molar-refractivity contribution in [2.45, 2.75) is 19.9 Å². The Bertz CT molecular complexity index is 814. The first-order chi connectivity index (χ1) is 12.9. The summed E-state index contributed by atoms with van der Waals surface area (Å²) in [6.07, 6.45) is 0.203. The molecule has 0 aliphatic carbocycles. The molecule has 0 atom stereocenters. The van der Waals surface area contributed by atoms with Gasteiger partial charge < -0.3 is 15.5 Å². The van der Waals surface area contributed by atoms with E-state index in [2.05, 4.69) is 10.6 Å². The van der Waals surface area contributed by atoms with E-state index in [1.165, 1.54) is 4.90 Å². The molecule has 0 bridgehead atoms. The van der Waals surface area contributed by atoms with Gasteiger partial charge in [-0.05, 0) is 36.8 Å². The highest BCUT2D eigenvalue weighted by atomic mass is 16.2. The maximum Gasteiger partial charge on any atom is 0.253 e. The van der Waals surface area contributed by atoms with Crippen LogP contribution in [0.1, 0.15) is 38.3 Å². The lowest BCUT2D eigenvalue weighted by Crippen LogP contribution is -2.30. The zero-order valence-electron chi connectivity index (χ0n) is 15.9. The third-order valence-electron chi connectivity index (χ3n) is 4.01. The van der Waals surface area contributed by atoms with Crippen molar-refractivity contribution >= 4 is 17.7 Å². The van der Waals surface area contributed by atoms with Crippen LogP contribution in [0, 0.1) is 6.92 Å². The molecular weight excluding hydrogens is 342 g/mol. The van der Waals surface area contributed by atoms with Crippen molar-refractivity contribution in [1.82, 2.24) is 15.5 Å². The van der Waals surface area contributed by atoms with Gasteiger partial charge in [-0.1, -0.05) is 29.8 Å². The molecule has 0 aromatic heterocycles. The molecule has 3 amide bonds. The summed E-state index contributed by atoms with van der Waals surface area (Å²) in [4.78, 5) is 37.3. The fraction of sp³-hybridized carbons (Fsp3) is 0.286. The summed E-state index contributed by atoms with van der Waals surface area (Å²) in [5.41, 5.74) is 3.11. The average Bonchev–Trinajstić information content (AvgIpc) is 2.66. The molecule has 0 aliphatic heterocycles. The number of hydrogen-bond donors (Lipinski definition) is 2. The Morgan fingerprint density at radius 3 is 2.26 bits per heavy atom. The largest absolute Gasteiger partial charge is 0.352 e. The summed E-state index contributed by atoms with van der Waals surface area (Å²) in [5.74, 6) is -0.393. The van der Waals surface area contributed by atoms with E-state index >= 15 is 0 Å². The van der Waals surface area contributed by atoms with Gasteiger partial charge in [0.15, 0.2) is 0 Å². The molecule has 0 fully saturated rings. The Morgan fingerprint density at radius 2 is 1.63 bits per heavy atom. The van der Waals surface area contributed by atoms with E-state index in [4.69, 9.17) is 0 Å². The fourth-order valence-corrected chi connectivity index (χ4v) is 2.49. The average molecular weight is 367 g/mol. The SMILES string of the molecule is Cc1cccc(C(=O)NCCC(=O)NCc2ccc(C(=O)N(C)C)cc2)c1. The number of nitrogens with zero attached hydrogens (tertiary/aromatic N) is 1. The van der Waals surface area contributed by atoms with Gasteiger partial charge in [-0.3, -0.25) is 14.4 Å². The van der Waals surface area contributed by atoms with Crippen molar-refractivity contribution in [2.24, 2.45) is 0 Å². The lowest BCUT2D eigenvalue weighted by atomic mass is 10.1. The molecule has 2 aromatic carbocycles. The van der Waals surface area contributed by atoms with Crippen molar-refractivity contribution < 1.29 is 14.4 Å². The quantitative estimate of drug-likeness (QED) is 0.787. The molecule has 2 N–H and O–H groups in total. The Morgan fingerprint density at radius 1 is 0.926 bits per heavy atom. The van der Waals surface area contributed by atoms with Gasteiger partial charge in [-0.15, -0.1) is 0 Å². The Balaban J connectivity index is 1.73. The van der Waals surface area contributed by atoms with Gasteiger partial charge in [0, 0.05) is 44.7 Å². The number of aryl methyl sites for hydroxylation is 1. The molecule has 2 rings (SSSR count). The molecule has 142 valence electrons. The van der Waals surface area contributed by atoms with Crippen LogP contribution >= 0.6 is 0 Å². The molecule has 6 nitrogen and oxygen atoms in total. The number of carbonyl (C=O) groups excluding carboxylic acids is 3. The van der Waals surface area contributed by atoms with Crippen molar-refractivity contribution in [1.29, 1.82) is 0 Å². The van der Waals surface area contributed by atoms with Gasteiger partial charge in [-0.2, -0.15) is 0 Å². The van der Waals surface area contributed by atoms with Crippen LogP contribution < -0.4 is 10.6 Å². The second kappa shape index (κ2) is 9.52. The normalized spacial score (nSPS) is 10.2. The van der Waals surface area contributed by atoms with Gasteiger partial charge in [0.1, 0.15) is 0 Å². The minimum Gasteiger partial charge on any atom is -0.352 e. The molecule has 0 radical (unpaired) electrons. The van der Waals surface area contributed by atoms with E-state index in [0.29, 0.717) is 17.7 Å². The zero-order valence-corrected chi connectivity index (χ0v) is 15.9. The molecule has 0 spiro atoms. The van der Waals surface area contributed by atoms with Gasteiger partial charge >= 0.3 is 0 Å². The highest BCUT2D eigenvalue weighted by molar-refractivity contribution is 5.94. The van der Waals surface area contributed by atoms with Crippen molar-refractivity contribution in [2.75, 3.05) is 20.6 Å². The monoisotopic (exact) mass is 367 g/mol. The van der Waals surface area contributed by atoms with Crippen LogP contribution in [-0.4, -0.2) is 43.3 Å². The summed E-state index contributed by atoms with van der Waals surface area (Å²) < 4.78 is 0. The summed E-state index contributed by atoms with van der Waals surface area (Å²) in [7, 11) is 3.41. The number of benzene rings is 2. The van der Waals surface area contributed by atoms with Gasteiger partial charge in [-0.25, -0.2) is 0 Å².